The van der Waals surface area contributed by atoms with Crippen molar-refractivity contribution in [2.75, 3.05) is 13.7 Å². The SMILES string of the molecule is C#CCOc1ccc(/C=C2\SC(=O)N(Cc3ccccc3C)C2=O)cc1OC. The predicted octanol–water partition coefficient (Wildman–Crippen LogP) is 4.25. The van der Waals surface area contributed by atoms with Gasteiger partial charge in [-0.25, -0.2) is 0 Å². The minimum absolute atomic E-state index is 0.132. The molecule has 0 aromatic heterocycles. The Kier molecular flexibility index (Phi) is 6.07. The summed E-state index contributed by atoms with van der Waals surface area (Å²) in [5.41, 5.74) is 2.71. The quantitative estimate of drug-likeness (QED) is 0.542. The Morgan fingerprint density at radius 2 is 1.96 bits per heavy atom. The molecule has 0 unspecified atom stereocenters. The second-order valence-electron chi connectivity index (χ2n) is 6.10. The molecule has 0 N–H and O–H groups in total. The number of carbonyl (C=O) groups is 2. The highest BCUT2D eigenvalue weighted by Crippen LogP contribution is 2.35. The summed E-state index contributed by atoms with van der Waals surface area (Å²) in [7, 11) is 1.53. The van der Waals surface area contributed by atoms with Gasteiger partial charge >= 0.3 is 0 Å². The number of hydrogen-bond donors (Lipinski definition) is 0. The molecule has 1 fully saturated rings. The van der Waals surface area contributed by atoms with Crippen molar-refractivity contribution in [2.24, 2.45) is 0 Å². The molecule has 1 aliphatic rings. The molecule has 28 heavy (non-hydrogen) atoms. The van der Waals surface area contributed by atoms with Crippen molar-refractivity contribution in [2.45, 2.75) is 13.5 Å². The first-order valence-electron chi connectivity index (χ1n) is 8.57. The molecule has 2 aromatic rings. The van der Waals surface area contributed by atoms with E-state index in [4.69, 9.17) is 15.9 Å². The molecule has 1 saturated heterocycles. The fraction of sp³-hybridized carbons (Fsp3) is 0.182. The maximum absolute atomic E-state index is 12.7. The summed E-state index contributed by atoms with van der Waals surface area (Å²) in [5, 5.41) is -0.277. The van der Waals surface area contributed by atoms with Gasteiger partial charge in [0.25, 0.3) is 11.1 Å². The van der Waals surface area contributed by atoms with Crippen LogP contribution in [-0.4, -0.2) is 29.8 Å². The van der Waals surface area contributed by atoms with E-state index in [1.807, 2.05) is 31.2 Å². The molecule has 0 saturated carbocycles. The standard InChI is InChI=1S/C22H19NO4S/c1-4-11-27-18-10-9-16(12-19(18)26-3)13-20-21(24)23(22(25)28-20)14-17-8-6-5-7-15(17)2/h1,5-10,12-13H,11,14H2,2-3H3/b20-13-. The summed E-state index contributed by atoms with van der Waals surface area (Å²) >= 11 is 0.933. The molecule has 0 radical (unpaired) electrons. The number of ether oxygens (including phenoxy) is 2. The first kappa shape index (κ1) is 19.6. The molecule has 2 amide bonds. The van der Waals surface area contributed by atoms with E-state index in [2.05, 4.69) is 5.92 Å². The molecule has 2 aromatic carbocycles. The average molecular weight is 393 g/mol. The molecule has 0 bridgehead atoms. The molecule has 3 rings (SSSR count). The van der Waals surface area contributed by atoms with Crippen LogP contribution in [0.3, 0.4) is 0 Å². The molecule has 0 spiro atoms. The summed E-state index contributed by atoms with van der Waals surface area (Å²) in [4.78, 5) is 26.7. The zero-order chi connectivity index (χ0) is 20.1. The summed E-state index contributed by atoms with van der Waals surface area (Å²) in [5.74, 6) is 3.12. The van der Waals surface area contributed by atoms with Gasteiger partial charge in [-0.15, -0.1) is 6.42 Å². The maximum atomic E-state index is 12.7. The van der Waals surface area contributed by atoms with Crippen molar-refractivity contribution in [3.05, 3.63) is 64.1 Å². The van der Waals surface area contributed by atoms with Crippen LogP contribution in [-0.2, 0) is 11.3 Å². The van der Waals surface area contributed by atoms with Gasteiger partial charge in [-0.3, -0.25) is 14.5 Å². The zero-order valence-corrected chi connectivity index (χ0v) is 16.4. The second kappa shape index (κ2) is 8.68. The third-order valence-corrected chi connectivity index (χ3v) is 5.17. The number of hydrogen-bond acceptors (Lipinski definition) is 5. The highest BCUT2D eigenvalue weighted by molar-refractivity contribution is 8.18. The van der Waals surface area contributed by atoms with E-state index in [1.165, 1.54) is 12.0 Å². The first-order chi connectivity index (χ1) is 13.5. The Balaban J connectivity index is 1.81. The lowest BCUT2D eigenvalue weighted by molar-refractivity contribution is -0.123. The number of imide groups is 1. The lowest BCUT2D eigenvalue weighted by Crippen LogP contribution is -2.27. The van der Waals surface area contributed by atoms with Crippen molar-refractivity contribution in [3.63, 3.8) is 0 Å². The Morgan fingerprint density at radius 1 is 1.18 bits per heavy atom. The minimum atomic E-state index is -0.301. The van der Waals surface area contributed by atoms with Crippen LogP contribution in [0.2, 0.25) is 0 Å². The number of thioether (sulfide) groups is 1. The van der Waals surface area contributed by atoms with E-state index in [-0.39, 0.29) is 24.3 Å². The largest absolute Gasteiger partial charge is 0.493 e. The number of methoxy groups -OCH3 is 1. The van der Waals surface area contributed by atoms with E-state index in [1.54, 1.807) is 24.3 Å². The smallest absolute Gasteiger partial charge is 0.293 e. The molecule has 6 heteroatoms. The molecule has 5 nitrogen and oxygen atoms in total. The fourth-order valence-corrected chi connectivity index (χ4v) is 3.60. The van der Waals surface area contributed by atoms with Gasteiger partial charge in [0.2, 0.25) is 0 Å². The van der Waals surface area contributed by atoms with Gasteiger partial charge in [0.05, 0.1) is 18.6 Å². The summed E-state index contributed by atoms with van der Waals surface area (Å²) in [6.07, 6.45) is 6.89. The van der Waals surface area contributed by atoms with Crippen molar-refractivity contribution in [1.29, 1.82) is 0 Å². The fourth-order valence-electron chi connectivity index (χ4n) is 2.76. The molecule has 1 aliphatic heterocycles. The number of terminal acetylenes is 1. The molecular weight excluding hydrogens is 374 g/mol. The van der Waals surface area contributed by atoms with E-state index >= 15 is 0 Å². The van der Waals surface area contributed by atoms with Gasteiger partial charge in [-0.1, -0.05) is 36.3 Å². The number of nitrogens with zero attached hydrogens (tertiary/aromatic N) is 1. The molecule has 142 valence electrons. The molecule has 1 heterocycles. The Hall–Kier alpha value is -3.17. The van der Waals surface area contributed by atoms with E-state index < -0.39 is 0 Å². The van der Waals surface area contributed by atoms with Gasteiger partial charge in [0, 0.05) is 0 Å². The van der Waals surface area contributed by atoms with Gasteiger partial charge in [0.15, 0.2) is 11.5 Å². The van der Waals surface area contributed by atoms with E-state index in [0.717, 1.165) is 28.5 Å². The monoisotopic (exact) mass is 393 g/mol. The third-order valence-electron chi connectivity index (χ3n) is 4.26. The topological polar surface area (TPSA) is 55.8 Å². The first-order valence-corrected chi connectivity index (χ1v) is 9.39. The van der Waals surface area contributed by atoms with Crippen molar-refractivity contribution in [1.82, 2.24) is 4.90 Å². The number of amides is 2. The molecule has 0 atom stereocenters. The predicted molar refractivity (Wildman–Crippen MR) is 110 cm³/mol. The van der Waals surface area contributed by atoms with Crippen LogP contribution in [0.5, 0.6) is 11.5 Å². The number of rotatable bonds is 6. The van der Waals surface area contributed by atoms with Crippen LogP contribution in [0, 0.1) is 19.3 Å². The van der Waals surface area contributed by atoms with Crippen molar-refractivity contribution < 1.29 is 19.1 Å². The van der Waals surface area contributed by atoms with Crippen LogP contribution in [0.15, 0.2) is 47.4 Å². The van der Waals surface area contributed by atoms with Gasteiger partial charge in [-0.05, 0) is 53.6 Å². The number of carbonyl (C=O) groups excluding carboxylic acids is 2. The highest BCUT2D eigenvalue weighted by Gasteiger charge is 2.35. The lowest BCUT2D eigenvalue weighted by atomic mass is 10.1. The summed E-state index contributed by atoms with van der Waals surface area (Å²) in [6, 6.07) is 12.9. The van der Waals surface area contributed by atoms with Crippen molar-refractivity contribution >= 4 is 29.0 Å². The number of benzene rings is 2. The Morgan fingerprint density at radius 3 is 2.68 bits per heavy atom. The lowest BCUT2D eigenvalue weighted by Gasteiger charge is -2.14. The minimum Gasteiger partial charge on any atom is -0.493 e. The molecular formula is C22H19NO4S. The maximum Gasteiger partial charge on any atom is 0.293 e. The van der Waals surface area contributed by atoms with Gasteiger partial charge in [0.1, 0.15) is 6.61 Å². The van der Waals surface area contributed by atoms with Crippen molar-refractivity contribution in [3.8, 4) is 23.8 Å². The number of aryl methyl sites for hydroxylation is 1. The van der Waals surface area contributed by atoms with E-state index in [0.29, 0.717) is 16.4 Å². The van der Waals surface area contributed by atoms with E-state index in [9.17, 15) is 9.59 Å². The van der Waals surface area contributed by atoms with Gasteiger partial charge < -0.3 is 9.47 Å². The van der Waals surface area contributed by atoms with Gasteiger partial charge in [-0.2, -0.15) is 0 Å². The van der Waals surface area contributed by atoms with Crippen LogP contribution < -0.4 is 9.47 Å². The molecule has 0 aliphatic carbocycles. The third kappa shape index (κ3) is 4.21. The normalized spacial score (nSPS) is 15.0. The summed E-state index contributed by atoms with van der Waals surface area (Å²) in [6.45, 7) is 2.35. The van der Waals surface area contributed by atoms with Crippen LogP contribution in [0.4, 0.5) is 4.79 Å². The Bertz CT molecular complexity index is 990. The average Bonchev–Trinajstić information content (AvgIpc) is 2.95. The Labute approximate surface area is 168 Å². The summed E-state index contributed by atoms with van der Waals surface area (Å²) < 4.78 is 10.7. The van der Waals surface area contributed by atoms with Crippen LogP contribution in [0.1, 0.15) is 16.7 Å². The van der Waals surface area contributed by atoms with Crippen LogP contribution in [0.25, 0.3) is 6.08 Å². The van der Waals surface area contributed by atoms with Crippen LogP contribution >= 0.6 is 11.8 Å². The highest BCUT2D eigenvalue weighted by atomic mass is 32.2. The second-order valence-corrected chi connectivity index (χ2v) is 7.09. The zero-order valence-electron chi connectivity index (χ0n) is 15.6.